The van der Waals surface area contributed by atoms with Gasteiger partial charge in [0.1, 0.15) is 5.82 Å². The molecule has 1 aliphatic rings. The van der Waals surface area contributed by atoms with E-state index in [0.717, 1.165) is 10.8 Å². The summed E-state index contributed by atoms with van der Waals surface area (Å²) in [5.41, 5.74) is 0.260. The number of esters is 1. The van der Waals surface area contributed by atoms with Crippen LogP contribution in [0.2, 0.25) is 0 Å². The van der Waals surface area contributed by atoms with E-state index in [4.69, 9.17) is 4.74 Å². The second-order valence-corrected chi connectivity index (χ2v) is 9.66. The first kappa shape index (κ1) is 22.1. The van der Waals surface area contributed by atoms with E-state index in [1.807, 2.05) is 24.3 Å². The molecule has 0 unspecified atom stereocenters. The Hall–Kier alpha value is -3.10. The number of rotatable bonds is 6. The molecule has 6 nitrogen and oxygen atoms in total. The fourth-order valence-corrected chi connectivity index (χ4v) is 5.29. The molecule has 4 rings (SSSR count). The maximum absolute atomic E-state index is 13.0. The summed E-state index contributed by atoms with van der Waals surface area (Å²) >= 11 is 0. The molecule has 0 aliphatic carbocycles. The van der Waals surface area contributed by atoms with Crippen LogP contribution in [-0.4, -0.2) is 44.2 Å². The number of nitrogens with zero attached hydrogens (tertiary/aromatic N) is 1. The smallest absolute Gasteiger partial charge is 0.309 e. The van der Waals surface area contributed by atoms with Crippen molar-refractivity contribution in [2.75, 3.05) is 19.7 Å². The normalized spacial score (nSPS) is 15.5. The summed E-state index contributed by atoms with van der Waals surface area (Å²) in [4.78, 5) is 24.7. The van der Waals surface area contributed by atoms with Crippen LogP contribution in [0.15, 0.2) is 71.6 Å². The van der Waals surface area contributed by atoms with Crippen LogP contribution in [0.4, 0.5) is 4.39 Å². The Bertz CT molecular complexity index is 1250. The molecular formula is C24H22FNO5S. The van der Waals surface area contributed by atoms with Crippen molar-refractivity contribution in [3.8, 4) is 0 Å². The number of benzene rings is 3. The maximum Gasteiger partial charge on any atom is 0.309 e. The van der Waals surface area contributed by atoms with Gasteiger partial charge >= 0.3 is 5.97 Å². The van der Waals surface area contributed by atoms with Crippen molar-refractivity contribution < 1.29 is 27.1 Å². The lowest BCUT2D eigenvalue weighted by atomic mass is 9.98. The van der Waals surface area contributed by atoms with Crippen molar-refractivity contribution in [3.05, 3.63) is 78.1 Å². The lowest BCUT2D eigenvalue weighted by Crippen LogP contribution is -2.40. The molecule has 0 amide bonds. The van der Waals surface area contributed by atoms with E-state index in [-0.39, 0.29) is 23.5 Å². The van der Waals surface area contributed by atoms with Crippen molar-refractivity contribution in [3.63, 3.8) is 0 Å². The Morgan fingerprint density at radius 3 is 2.28 bits per heavy atom. The van der Waals surface area contributed by atoms with Gasteiger partial charge in [-0.3, -0.25) is 9.59 Å². The monoisotopic (exact) mass is 455 g/mol. The first-order valence-electron chi connectivity index (χ1n) is 10.3. The zero-order valence-electron chi connectivity index (χ0n) is 17.2. The summed E-state index contributed by atoms with van der Waals surface area (Å²) in [5.74, 6) is -1.87. The molecule has 3 aromatic rings. The quantitative estimate of drug-likeness (QED) is 0.417. The minimum absolute atomic E-state index is 0.195. The van der Waals surface area contributed by atoms with Crippen molar-refractivity contribution in [2.45, 2.75) is 17.7 Å². The Morgan fingerprint density at radius 1 is 0.938 bits per heavy atom. The molecule has 166 valence electrons. The molecule has 1 fully saturated rings. The average molecular weight is 456 g/mol. The molecule has 0 aromatic heterocycles. The van der Waals surface area contributed by atoms with E-state index < -0.39 is 40.1 Å². The second kappa shape index (κ2) is 9.18. The van der Waals surface area contributed by atoms with Crippen LogP contribution in [0.5, 0.6) is 0 Å². The average Bonchev–Trinajstić information content (AvgIpc) is 2.82. The first-order chi connectivity index (χ1) is 15.3. The van der Waals surface area contributed by atoms with Gasteiger partial charge in [0, 0.05) is 18.7 Å². The molecule has 0 bridgehead atoms. The van der Waals surface area contributed by atoms with Crippen LogP contribution in [-0.2, 0) is 19.6 Å². The fraction of sp³-hybridized carbons (Fsp3) is 0.250. The van der Waals surface area contributed by atoms with Gasteiger partial charge in [0.25, 0.3) is 0 Å². The summed E-state index contributed by atoms with van der Waals surface area (Å²) in [6, 6.07) is 17.6. The van der Waals surface area contributed by atoms with Gasteiger partial charge in [-0.25, -0.2) is 12.8 Å². The van der Waals surface area contributed by atoms with Crippen molar-refractivity contribution in [2.24, 2.45) is 5.92 Å². The van der Waals surface area contributed by atoms with Gasteiger partial charge < -0.3 is 4.74 Å². The summed E-state index contributed by atoms with van der Waals surface area (Å²) in [5, 5.41) is 1.81. The summed E-state index contributed by atoms with van der Waals surface area (Å²) < 4.78 is 45.6. The molecule has 1 heterocycles. The van der Waals surface area contributed by atoms with E-state index >= 15 is 0 Å². The summed E-state index contributed by atoms with van der Waals surface area (Å²) in [7, 11) is -3.67. The standard InChI is InChI=1S/C24H22FNO5S/c25-21-8-5-18(6-9-21)23(27)16-31-24(28)19-11-13-26(14-12-19)32(29,30)22-10-7-17-3-1-2-4-20(17)15-22/h1-10,15,19H,11-14,16H2. The van der Waals surface area contributed by atoms with Crippen LogP contribution in [0.25, 0.3) is 10.8 Å². The molecule has 32 heavy (non-hydrogen) atoms. The highest BCUT2D eigenvalue weighted by Gasteiger charge is 2.33. The molecule has 0 spiro atoms. The lowest BCUT2D eigenvalue weighted by molar-refractivity contribution is -0.148. The summed E-state index contributed by atoms with van der Waals surface area (Å²) in [6.07, 6.45) is 0.632. The maximum atomic E-state index is 13.0. The van der Waals surface area contributed by atoms with Crippen molar-refractivity contribution in [1.29, 1.82) is 0 Å². The minimum Gasteiger partial charge on any atom is -0.457 e. The number of hydrogen-bond donors (Lipinski definition) is 0. The number of sulfonamides is 1. The highest BCUT2D eigenvalue weighted by Crippen LogP contribution is 2.26. The van der Waals surface area contributed by atoms with Crippen molar-refractivity contribution >= 4 is 32.5 Å². The van der Waals surface area contributed by atoms with E-state index in [1.54, 1.807) is 18.2 Å². The zero-order chi connectivity index (χ0) is 22.7. The predicted octanol–water partition coefficient (Wildman–Crippen LogP) is 3.81. The Labute approximate surface area is 185 Å². The van der Waals surface area contributed by atoms with Crippen molar-refractivity contribution in [1.82, 2.24) is 4.31 Å². The summed E-state index contributed by atoms with van der Waals surface area (Å²) in [6.45, 7) is -0.0399. The SMILES string of the molecule is O=C(COC(=O)C1CCN(S(=O)(=O)c2ccc3ccccc3c2)CC1)c1ccc(F)cc1. The second-order valence-electron chi connectivity index (χ2n) is 7.73. The number of halogens is 1. The fourth-order valence-electron chi connectivity index (χ4n) is 3.78. The number of ether oxygens (including phenoxy) is 1. The third kappa shape index (κ3) is 4.71. The molecule has 1 saturated heterocycles. The predicted molar refractivity (Wildman–Crippen MR) is 117 cm³/mol. The van der Waals surface area contributed by atoms with Gasteiger partial charge in [-0.15, -0.1) is 0 Å². The van der Waals surface area contributed by atoms with Crippen LogP contribution in [0.3, 0.4) is 0 Å². The van der Waals surface area contributed by atoms with Gasteiger partial charge in [0.05, 0.1) is 10.8 Å². The van der Waals surface area contributed by atoms with Crippen LogP contribution in [0.1, 0.15) is 23.2 Å². The third-order valence-electron chi connectivity index (χ3n) is 5.66. The molecule has 1 aliphatic heterocycles. The van der Waals surface area contributed by atoms with Gasteiger partial charge in [0.2, 0.25) is 10.0 Å². The molecule has 0 saturated carbocycles. The number of fused-ring (bicyclic) bond motifs is 1. The molecule has 8 heteroatoms. The number of hydrogen-bond acceptors (Lipinski definition) is 5. The lowest BCUT2D eigenvalue weighted by Gasteiger charge is -2.30. The minimum atomic E-state index is -3.67. The van der Waals surface area contributed by atoms with Crippen LogP contribution in [0, 0.1) is 11.7 Å². The number of Topliss-reactive ketones (excluding diaryl/α,β-unsaturated/α-hetero) is 1. The van der Waals surface area contributed by atoms with Crippen LogP contribution >= 0.6 is 0 Å². The number of carbonyl (C=O) groups is 2. The number of ketones is 1. The Morgan fingerprint density at radius 2 is 1.59 bits per heavy atom. The molecule has 0 radical (unpaired) electrons. The van der Waals surface area contributed by atoms with E-state index in [2.05, 4.69) is 0 Å². The highest BCUT2D eigenvalue weighted by molar-refractivity contribution is 7.89. The Kier molecular flexibility index (Phi) is 6.34. The zero-order valence-corrected chi connectivity index (χ0v) is 18.1. The first-order valence-corrected chi connectivity index (χ1v) is 11.7. The van der Waals surface area contributed by atoms with E-state index in [9.17, 15) is 22.4 Å². The topological polar surface area (TPSA) is 80.8 Å². The van der Waals surface area contributed by atoms with Gasteiger partial charge in [-0.1, -0.05) is 30.3 Å². The third-order valence-corrected chi connectivity index (χ3v) is 7.55. The van der Waals surface area contributed by atoms with E-state index in [0.29, 0.717) is 12.8 Å². The molecule has 0 N–H and O–H groups in total. The van der Waals surface area contributed by atoms with Crippen LogP contribution < -0.4 is 0 Å². The van der Waals surface area contributed by atoms with Gasteiger partial charge in [-0.05, 0) is 60.0 Å². The number of carbonyl (C=O) groups excluding carboxylic acids is 2. The Balaban J connectivity index is 1.34. The molecule has 3 aromatic carbocycles. The molecule has 0 atom stereocenters. The van der Waals surface area contributed by atoms with Gasteiger partial charge in [-0.2, -0.15) is 4.31 Å². The van der Waals surface area contributed by atoms with Gasteiger partial charge in [0.15, 0.2) is 12.4 Å². The molecular weight excluding hydrogens is 433 g/mol. The largest absolute Gasteiger partial charge is 0.457 e. The highest BCUT2D eigenvalue weighted by atomic mass is 32.2. The number of piperidine rings is 1. The van der Waals surface area contributed by atoms with E-state index in [1.165, 1.54) is 28.6 Å².